The molecule has 3 nitrogen and oxygen atoms in total. The summed E-state index contributed by atoms with van der Waals surface area (Å²) in [5.41, 5.74) is 2.95. The van der Waals surface area contributed by atoms with Crippen LogP contribution < -0.4 is 14.8 Å². The molecule has 1 aromatic carbocycles. The van der Waals surface area contributed by atoms with Gasteiger partial charge in [-0.1, -0.05) is 19.8 Å². The van der Waals surface area contributed by atoms with E-state index in [1.807, 2.05) is 0 Å². The Morgan fingerprint density at radius 1 is 1.33 bits per heavy atom. The summed E-state index contributed by atoms with van der Waals surface area (Å²) in [6.45, 7) is 6.46. The summed E-state index contributed by atoms with van der Waals surface area (Å²) in [5, 5.41) is 3.63. The Morgan fingerprint density at radius 2 is 2.10 bits per heavy atom. The fraction of sp³-hybridized carbons (Fsp3) is 0.667. The molecule has 2 aliphatic rings. The van der Waals surface area contributed by atoms with E-state index in [2.05, 4.69) is 31.3 Å². The van der Waals surface area contributed by atoms with E-state index in [0.717, 1.165) is 31.0 Å². The maximum Gasteiger partial charge on any atom is 0.123 e. The number of benzene rings is 1. The highest BCUT2D eigenvalue weighted by molar-refractivity contribution is 5.48. The third-order valence-electron chi connectivity index (χ3n) is 4.98. The van der Waals surface area contributed by atoms with E-state index in [1.54, 1.807) is 7.11 Å². The van der Waals surface area contributed by atoms with Crippen molar-refractivity contribution in [2.45, 2.75) is 58.6 Å². The van der Waals surface area contributed by atoms with Gasteiger partial charge in [0.2, 0.25) is 0 Å². The first-order chi connectivity index (χ1) is 10.1. The highest BCUT2D eigenvalue weighted by Crippen LogP contribution is 2.37. The summed E-state index contributed by atoms with van der Waals surface area (Å²) < 4.78 is 11.4. The summed E-state index contributed by atoms with van der Waals surface area (Å²) in [6, 6.07) is 4.30. The lowest BCUT2D eigenvalue weighted by Crippen LogP contribution is -2.29. The van der Waals surface area contributed by atoms with Gasteiger partial charge in [-0.25, -0.2) is 0 Å². The average Bonchev–Trinajstić information content (AvgIpc) is 3.03. The Morgan fingerprint density at radius 3 is 2.81 bits per heavy atom. The van der Waals surface area contributed by atoms with Gasteiger partial charge in [0.25, 0.3) is 0 Å². The molecule has 1 atom stereocenters. The van der Waals surface area contributed by atoms with Crippen molar-refractivity contribution in [1.82, 2.24) is 5.32 Å². The lowest BCUT2D eigenvalue weighted by atomic mass is 9.89. The molecule has 1 aliphatic heterocycles. The Hall–Kier alpha value is -1.22. The molecular formula is C18H27NO2. The van der Waals surface area contributed by atoms with Crippen molar-refractivity contribution in [3.05, 3.63) is 23.3 Å². The average molecular weight is 289 g/mol. The van der Waals surface area contributed by atoms with Crippen LogP contribution in [0, 0.1) is 5.41 Å². The molecule has 0 radical (unpaired) electrons. The molecule has 1 saturated carbocycles. The van der Waals surface area contributed by atoms with Crippen LogP contribution >= 0.6 is 0 Å². The number of rotatable bonds is 5. The summed E-state index contributed by atoms with van der Waals surface area (Å²) in [5.74, 6) is 2.02. The van der Waals surface area contributed by atoms with Gasteiger partial charge in [0.05, 0.1) is 7.11 Å². The minimum atomic E-state index is 0.283. The van der Waals surface area contributed by atoms with Gasteiger partial charge in [-0.3, -0.25) is 0 Å². The molecule has 0 amide bonds. The van der Waals surface area contributed by atoms with Crippen LogP contribution in [0.5, 0.6) is 11.5 Å². The third-order valence-corrected chi connectivity index (χ3v) is 4.98. The number of hydrogen-bond donors (Lipinski definition) is 1. The van der Waals surface area contributed by atoms with Crippen LogP contribution in [0.15, 0.2) is 12.1 Å². The van der Waals surface area contributed by atoms with Gasteiger partial charge in [0, 0.05) is 30.6 Å². The van der Waals surface area contributed by atoms with Crippen molar-refractivity contribution in [2.24, 2.45) is 5.41 Å². The van der Waals surface area contributed by atoms with Crippen molar-refractivity contribution in [3.8, 4) is 11.5 Å². The summed E-state index contributed by atoms with van der Waals surface area (Å²) in [7, 11) is 1.75. The van der Waals surface area contributed by atoms with Crippen LogP contribution in [0.2, 0.25) is 0 Å². The summed E-state index contributed by atoms with van der Waals surface area (Å²) in [6.07, 6.45) is 6.73. The van der Waals surface area contributed by atoms with Gasteiger partial charge >= 0.3 is 0 Å². The molecule has 0 saturated heterocycles. The predicted molar refractivity (Wildman–Crippen MR) is 85.1 cm³/mol. The van der Waals surface area contributed by atoms with Crippen LogP contribution in [-0.2, 0) is 13.0 Å². The number of methoxy groups -OCH3 is 1. The van der Waals surface area contributed by atoms with E-state index in [1.165, 1.54) is 36.8 Å². The monoisotopic (exact) mass is 289 g/mol. The van der Waals surface area contributed by atoms with Crippen LogP contribution in [0.25, 0.3) is 0 Å². The zero-order chi connectivity index (χ0) is 14.9. The quantitative estimate of drug-likeness (QED) is 0.897. The molecule has 1 unspecified atom stereocenters. The lowest BCUT2D eigenvalue weighted by Gasteiger charge is -2.24. The van der Waals surface area contributed by atoms with Crippen molar-refractivity contribution in [1.29, 1.82) is 0 Å². The van der Waals surface area contributed by atoms with E-state index in [9.17, 15) is 0 Å². The first-order valence-electron chi connectivity index (χ1n) is 8.17. The molecule has 0 spiro atoms. The first kappa shape index (κ1) is 14.7. The maximum absolute atomic E-state index is 5.86. The largest absolute Gasteiger partial charge is 0.496 e. The number of hydrogen-bond acceptors (Lipinski definition) is 3. The molecule has 1 heterocycles. The Balaban J connectivity index is 1.66. The number of fused-ring (bicyclic) bond motifs is 1. The normalized spacial score (nSPS) is 22.9. The van der Waals surface area contributed by atoms with Crippen molar-refractivity contribution in [2.75, 3.05) is 13.7 Å². The van der Waals surface area contributed by atoms with Crippen molar-refractivity contribution in [3.63, 3.8) is 0 Å². The second kappa shape index (κ2) is 5.88. The Labute approximate surface area is 128 Å². The maximum atomic E-state index is 5.86. The van der Waals surface area contributed by atoms with Gasteiger partial charge in [-0.05, 0) is 37.3 Å². The summed E-state index contributed by atoms with van der Waals surface area (Å²) >= 11 is 0. The van der Waals surface area contributed by atoms with Gasteiger partial charge in [0.1, 0.15) is 17.6 Å². The van der Waals surface area contributed by atoms with Gasteiger partial charge < -0.3 is 14.8 Å². The molecule has 0 aromatic heterocycles. The SMILES string of the molecule is COc1cc2c(cc1CNCC1(C)CCCC1)OC(C)C2. The second-order valence-corrected chi connectivity index (χ2v) is 7.03. The molecule has 116 valence electrons. The molecule has 1 N–H and O–H groups in total. The van der Waals surface area contributed by atoms with Crippen LogP contribution in [0.4, 0.5) is 0 Å². The zero-order valence-electron chi connectivity index (χ0n) is 13.5. The van der Waals surface area contributed by atoms with E-state index in [-0.39, 0.29) is 6.10 Å². The van der Waals surface area contributed by atoms with E-state index in [4.69, 9.17) is 9.47 Å². The highest BCUT2D eigenvalue weighted by atomic mass is 16.5. The molecule has 21 heavy (non-hydrogen) atoms. The highest BCUT2D eigenvalue weighted by Gasteiger charge is 2.28. The molecule has 3 rings (SSSR count). The molecule has 0 bridgehead atoms. The topological polar surface area (TPSA) is 30.5 Å². The van der Waals surface area contributed by atoms with E-state index < -0.39 is 0 Å². The van der Waals surface area contributed by atoms with E-state index in [0.29, 0.717) is 5.41 Å². The fourth-order valence-corrected chi connectivity index (χ4v) is 3.71. The second-order valence-electron chi connectivity index (χ2n) is 7.03. The molecule has 1 fully saturated rings. The standard InChI is InChI=1S/C18H27NO2/c1-13-8-14-9-16(20-3)15(10-17(14)21-13)11-19-12-18(2)6-4-5-7-18/h9-10,13,19H,4-8,11-12H2,1-3H3. The molecule has 1 aliphatic carbocycles. The minimum Gasteiger partial charge on any atom is -0.496 e. The van der Waals surface area contributed by atoms with Crippen LogP contribution in [-0.4, -0.2) is 19.8 Å². The summed E-state index contributed by atoms with van der Waals surface area (Å²) in [4.78, 5) is 0. The van der Waals surface area contributed by atoms with Gasteiger partial charge in [-0.15, -0.1) is 0 Å². The van der Waals surface area contributed by atoms with Gasteiger partial charge in [0.15, 0.2) is 0 Å². The Bertz CT molecular complexity index is 506. The first-order valence-corrected chi connectivity index (χ1v) is 8.17. The zero-order valence-corrected chi connectivity index (χ0v) is 13.5. The number of nitrogens with one attached hydrogen (secondary N) is 1. The molecule has 3 heteroatoms. The van der Waals surface area contributed by atoms with Crippen LogP contribution in [0.1, 0.15) is 50.7 Å². The Kier molecular flexibility index (Phi) is 4.12. The van der Waals surface area contributed by atoms with Crippen molar-refractivity contribution < 1.29 is 9.47 Å². The predicted octanol–water partition coefficient (Wildman–Crippen LogP) is 3.69. The van der Waals surface area contributed by atoms with Crippen LogP contribution in [0.3, 0.4) is 0 Å². The molecular weight excluding hydrogens is 262 g/mol. The van der Waals surface area contributed by atoms with E-state index >= 15 is 0 Å². The van der Waals surface area contributed by atoms with Crippen molar-refractivity contribution >= 4 is 0 Å². The van der Waals surface area contributed by atoms with Gasteiger partial charge in [-0.2, -0.15) is 0 Å². The third kappa shape index (κ3) is 3.18. The fourth-order valence-electron chi connectivity index (χ4n) is 3.71. The smallest absolute Gasteiger partial charge is 0.123 e. The lowest BCUT2D eigenvalue weighted by molar-refractivity contribution is 0.254. The molecule has 1 aromatic rings. The number of ether oxygens (including phenoxy) is 2. The minimum absolute atomic E-state index is 0.283.